The van der Waals surface area contributed by atoms with E-state index in [-0.39, 0.29) is 6.42 Å². The number of alkyl carbamates (subject to hydrolysis) is 1. The first-order chi connectivity index (χ1) is 9.58. The Morgan fingerprint density at radius 3 is 2.48 bits per heavy atom. The number of carboxylic acids is 1. The minimum Gasteiger partial charge on any atom is -0.481 e. The number of hydrogen-bond donors (Lipinski definition) is 2. The Kier molecular flexibility index (Phi) is 5.29. The molecule has 1 aromatic rings. The van der Waals surface area contributed by atoms with E-state index in [1.54, 1.807) is 33.8 Å². The van der Waals surface area contributed by atoms with E-state index >= 15 is 0 Å². The standard InChI is InChI=1S/C15H20FNO4/c1-9-5-6-10(7-11(9)16)12(8-13(18)19)17-14(20)21-15(2,3)4/h5-7,12H,8H2,1-4H3,(H,17,20)(H,18,19)/t12-/m1/s1. The maximum absolute atomic E-state index is 13.6. The number of rotatable bonds is 4. The summed E-state index contributed by atoms with van der Waals surface area (Å²) in [6.07, 6.45) is -1.10. The van der Waals surface area contributed by atoms with Crippen molar-refractivity contribution in [2.45, 2.75) is 45.8 Å². The molecule has 1 aromatic carbocycles. The van der Waals surface area contributed by atoms with Crippen molar-refractivity contribution in [2.75, 3.05) is 0 Å². The van der Waals surface area contributed by atoms with Crippen LogP contribution in [0.1, 0.15) is 44.4 Å². The van der Waals surface area contributed by atoms with E-state index in [9.17, 15) is 14.0 Å². The van der Waals surface area contributed by atoms with Crippen LogP contribution in [0.4, 0.5) is 9.18 Å². The molecule has 0 saturated heterocycles. The van der Waals surface area contributed by atoms with Crippen LogP contribution in [-0.4, -0.2) is 22.8 Å². The number of carboxylic acid groups (broad SMARTS) is 1. The lowest BCUT2D eigenvalue weighted by Crippen LogP contribution is -2.35. The molecular weight excluding hydrogens is 277 g/mol. The first-order valence-electron chi connectivity index (χ1n) is 6.56. The summed E-state index contributed by atoms with van der Waals surface area (Å²) in [7, 11) is 0. The van der Waals surface area contributed by atoms with E-state index in [4.69, 9.17) is 9.84 Å². The van der Waals surface area contributed by atoms with E-state index in [0.717, 1.165) is 0 Å². The van der Waals surface area contributed by atoms with E-state index in [1.807, 2.05) is 0 Å². The van der Waals surface area contributed by atoms with Gasteiger partial charge < -0.3 is 15.2 Å². The lowest BCUT2D eigenvalue weighted by atomic mass is 10.0. The van der Waals surface area contributed by atoms with E-state index in [2.05, 4.69) is 5.32 Å². The maximum Gasteiger partial charge on any atom is 0.408 e. The first-order valence-corrected chi connectivity index (χ1v) is 6.56. The summed E-state index contributed by atoms with van der Waals surface area (Å²) in [5.41, 5.74) is 0.132. The second-order valence-electron chi connectivity index (χ2n) is 5.81. The predicted octanol–water partition coefficient (Wildman–Crippen LogP) is 3.17. The Balaban J connectivity index is 2.92. The van der Waals surface area contributed by atoms with Crippen molar-refractivity contribution in [1.82, 2.24) is 5.32 Å². The lowest BCUT2D eigenvalue weighted by Gasteiger charge is -2.23. The molecule has 1 atom stereocenters. The Morgan fingerprint density at radius 2 is 2.00 bits per heavy atom. The van der Waals surface area contributed by atoms with Gasteiger partial charge >= 0.3 is 12.1 Å². The number of ether oxygens (including phenoxy) is 1. The minimum atomic E-state index is -1.10. The molecule has 0 aliphatic heterocycles. The molecule has 0 heterocycles. The van der Waals surface area contributed by atoms with Gasteiger partial charge in [0.2, 0.25) is 0 Å². The molecule has 5 nitrogen and oxygen atoms in total. The quantitative estimate of drug-likeness (QED) is 0.895. The topological polar surface area (TPSA) is 75.6 Å². The number of carbonyl (C=O) groups excluding carboxylic acids is 1. The SMILES string of the molecule is Cc1ccc([C@@H](CC(=O)O)NC(=O)OC(C)(C)C)cc1F. The highest BCUT2D eigenvalue weighted by Gasteiger charge is 2.23. The van der Waals surface area contributed by atoms with Gasteiger partial charge in [-0.15, -0.1) is 0 Å². The van der Waals surface area contributed by atoms with Gasteiger partial charge in [0.15, 0.2) is 0 Å². The highest BCUT2D eigenvalue weighted by molar-refractivity contribution is 5.72. The number of halogens is 1. The fraction of sp³-hybridized carbons (Fsp3) is 0.467. The second-order valence-corrected chi connectivity index (χ2v) is 5.81. The van der Waals surface area contributed by atoms with Crippen LogP contribution in [0.5, 0.6) is 0 Å². The molecule has 6 heteroatoms. The van der Waals surface area contributed by atoms with Crippen LogP contribution in [0.3, 0.4) is 0 Å². The van der Waals surface area contributed by atoms with Gasteiger partial charge in [-0.2, -0.15) is 0 Å². The Morgan fingerprint density at radius 1 is 1.38 bits per heavy atom. The van der Waals surface area contributed by atoms with E-state index in [1.165, 1.54) is 12.1 Å². The van der Waals surface area contributed by atoms with Crippen molar-refractivity contribution < 1.29 is 23.8 Å². The molecule has 0 saturated carbocycles. The summed E-state index contributed by atoms with van der Waals surface area (Å²) in [5.74, 6) is -1.55. The number of aryl methyl sites for hydroxylation is 1. The van der Waals surface area contributed by atoms with Gasteiger partial charge in [-0.05, 0) is 44.9 Å². The molecule has 0 unspecified atom stereocenters. The lowest BCUT2D eigenvalue weighted by molar-refractivity contribution is -0.137. The molecule has 0 aliphatic carbocycles. The van der Waals surface area contributed by atoms with E-state index in [0.29, 0.717) is 11.1 Å². The smallest absolute Gasteiger partial charge is 0.408 e. The van der Waals surface area contributed by atoms with Crippen LogP contribution >= 0.6 is 0 Å². The van der Waals surface area contributed by atoms with Crippen LogP contribution in [0.2, 0.25) is 0 Å². The number of benzene rings is 1. The minimum absolute atomic E-state index is 0.359. The van der Waals surface area contributed by atoms with Crippen molar-refractivity contribution in [3.8, 4) is 0 Å². The van der Waals surface area contributed by atoms with Crippen molar-refractivity contribution in [3.05, 3.63) is 35.1 Å². The highest BCUT2D eigenvalue weighted by atomic mass is 19.1. The van der Waals surface area contributed by atoms with Gasteiger partial charge in [0.25, 0.3) is 0 Å². The number of aliphatic carboxylic acids is 1. The van der Waals surface area contributed by atoms with Crippen LogP contribution < -0.4 is 5.32 Å². The summed E-state index contributed by atoms with van der Waals surface area (Å²) in [6.45, 7) is 6.70. The largest absolute Gasteiger partial charge is 0.481 e. The summed E-state index contributed by atoms with van der Waals surface area (Å²) >= 11 is 0. The Hall–Kier alpha value is -2.11. The molecule has 0 bridgehead atoms. The fourth-order valence-corrected chi connectivity index (χ4v) is 1.70. The fourth-order valence-electron chi connectivity index (χ4n) is 1.70. The van der Waals surface area contributed by atoms with Crippen molar-refractivity contribution in [3.63, 3.8) is 0 Å². The average molecular weight is 297 g/mol. The number of amides is 1. The third-order valence-corrected chi connectivity index (χ3v) is 2.67. The average Bonchev–Trinajstić information content (AvgIpc) is 2.28. The van der Waals surface area contributed by atoms with Gasteiger partial charge in [0, 0.05) is 0 Å². The third-order valence-electron chi connectivity index (χ3n) is 2.67. The normalized spacial score (nSPS) is 12.6. The Labute approximate surface area is 123 Å². The first kappa shape index (κ1) is 16.9. The summed E-state index contributed by atoms with van der Waals surface area (Å²) < 4.78 is 18.7. The summed E-state index contributed by atoms with van der Waals surface area (Å²) in [6, 6.07) is 3.49. The maximum atomic E-state index is 13.6. The third kappa shape index (κ3) is 5.81. The molecule has 116 valence electrons. The molecule has 0 aromatic heterocycles. The van der Waals surface area contributed by atoms with Crippen molar-refractivity contribution >= 4 is 12.1 Å². The van der Waals surface area contributed by atoms with Crippen molar-refractivity contribution in [2.24, 2.45) is 0 Å². The van der Waals surface area contributed by atoms with Gasteiger partial charge in [-0.1, -0.05) is 12.1 Å². The van der Waals surface area contributed by atoms with Crippen LogP contribution in [0.15, 0.2) is 18.2 Å². The molecular formula is C15H20FNO4. The van der Waals surface area contributed by atoms with Crippen molar-refractivity contribution in [1.29, 1.82) is 0 Å². The Bertz CT molecular complexity index is 537. The molecule has 0 radical (unpaired) electrons. The van der Waals surface area contributed by atoms with Crippen LogP contribution in [0, 0.1) is 12.7 Å². The van der Waals surface area contributed by atoms with Gasteiger partial charge in [-0.3, -0.25) is 4.79 Å². The number of nitrogens with one attached hydrogen (secondary N) is 1. The molecule has 2 N–H and O–H groups in total. The molecule has 1 amide bonds. The molecule has 21 heavy (non-hydrogen) atoms. The predicted molar refractivity (Wildman–Crippen MR) is 75.5 cm³/mol. The summed E-state index contributed by atoms with van der Waals surface area (Å²) in [4.78, 5) is 22.7. The zero-order valence-corrected chi connectivity index (χ0v) is 12.6. The number of carbonyl (C=O) groups is 2. The molecule has 0 aliphatic rings. The van der Waals surface area contributed by atoms with Gasteiger partial charge in [-0.25, -0.2) is 9.18 Å². The van der Waals surface area contributed by atoms with Gasteiger partial charge in [0.1, 0.15) is 11.4 Å². The van der Waals surface area contributed by atoms with E-state index < -0.39 is 29.5 Å². The molecule has 0 spiro atoms. The monoisotopic (exact) mass is 297 g/mol. The number of hydrogen-bond acceptors (Lipinski definition) is 3. The van der Waals surface area contributed by atoms with Gasteiger partial charge in [0.05, 0.1) is 12.5 Å². The second kappa shape index (κ2) is 6.56. The highest BCUT2D eigenvalue weighted by Crippen LogP contribution is 2.20. The zero-order valence-electron chi connectivity index (χ0n) is 12.6. The zero-order chi connectivity index (χ0) is 16.2. The van der Waals surface area contributed by atoms with Crippen LogP contribution in [0.25, 0.3) is 0 Å². The van der Waals surface area contributed by atoms with Crippen LogP contribution in [-0.2, 0) is 9.53 Å². The summed E-state index contributed by atoms with van der Waals surface area (Å²) in [5, 5.41) is 11.4. The molecule has 0 fully saturated rings. The molecule has 1 rings (SSSR count).